The van der Waals surface area contributed by atoms with Crippen molar-refractivity contribution in [1.29, 1.82) is 0 Å². The molecule has 0 aliphatic rings. The Bertz CT molecular complexity index is 583. The Morgan fingerprint density at radius 1 is 1.44 bits per heavy atom. The number of nitrogens with one attached hydrogen (secondary N) is 1. The molecule has 0 unspecified atom stereocenters. The van der Waals surface area contributed by atoms with Crippen molar-refractivity contribution in [1.82, 2.24) is 0 Å². The number of hydrogen-bond donors (Lipinski definition) is 1. The molecule has 94 valence electrons. The van der Waals surface area contributed by atoms with Gasteiger partial charge in [0.05, 0.1) is 4.92 Å². The van der Waals surface area contributed by atoms with E-state index in [4.69, 9.17) is 0 Å². The van der Waals surface area contributed by atoms with Crippen LogP contribution in [0.5, 0.6) is 0 Å². The molecule has 0 aliphatic carbocycles. The van der Waals surface area contributed by atoms with Gasteiger partial charge >= 0.3 is 0 Å². The zero-order valence-electron chi connectivity index (χ0n) is 9.64. The standard InChI is InChI=1S/C12H11BrN2O2S/c1-8-2-3-11(12(4-8)15(16)17)14-6-10-5-9(13)7-18-10/h2-5,7,14H,6H2,1H3. The highest BCUT2D eigenvalue weighted by Crippen LogP contribution is 2.27. The van der Waals surface area contributed by atoms with Crippen LogP contribution in [0.2, 0.25) is 0 Å². The molecule has 0 spiro atoms. The van der Waals surface area contributed by atoms with Crippen LogP contribution in [-0.4, -0.2) is 4.92 Å². The summed E-state index contributed by atoms with van der Waals surface area (Å²) in [5.74, 6) is 0. The van der Waals surface area contributed by atoms with Crippen molar-refractivity contribution in [3.63, 3.8) is 0 Å². The maximum absolute atomic E-state index is 11.0. The van der Waals surface area contributed by atoms with E-state index in [2.05, 4.69) is 21.2 Å². The van der Waals surface area contributed by atoms with Gasteiger partial charge in [-0.15, -0.1) is 11.3 Å². The van der Waals surface area contributed by atoms with Crippen LogP contribution in [0.1, 0.15) is 10.4 Å². The molecule has 0 saturated heterocycles. The number of rotatable bonds is 4. The number of hydrogen-bond acceptors (Lipinski definition) is 4. The number of nitro groups is 1. The van der Waals surface area contributed by atoms with E-state index in [1.165, 1.54) is 0 Å². The van der Waals surface area contributed by atoms with E-state index < -0.39 is 0 Å². The molecule has 0 aliphatic heterocycles. The molecule has 0 radical (unpaired) electrons. The number of nitro benzene ring substituents is 1. The zero-order chi connectivity index (χ0) is 13.1. The first-order valence-corrected chi connectivity index (χ1v) is 6.95. The average molecular weight is 327 g/mol. The van der Waals surface area contributed by atoms with Crippen molar-refractivity contribution >= 4 is 38.6 Å². The van der Waals surface area contributed by atoms with Crippen LogP contribution in [0.25, 0.3) is 0 Å². The maximum atomic E-state index is 11.0. The number of aryl methyl sites for hydroxylation is 1. The molecule has 0 bridgehead atoms. The van der Waals surface area contributed by atoms with Crippen molar-refractivity contribution in [3.05, 3.63) is 54.7 Å². The molecular formula is C12H11BrN2O2S. The van der Waals surface area contributed by atoms with E-state index in [1.54, 1.807) is 23.5 Å². The summed E-state index contributed by atoms with van der Waals surface area (Å²) < 4.78 is 1.03. The molecule has 0 atom stereocenters. The largest absolute Gasteiger partial charge is 0.375 e. The lowest BCUT2D eigenvalue weighted by atomic mass is 10.2. The van der Waals surface area contributed by atoms with E-state index in [-0.39, 0.29) is 10.6 Å². The Balaban J connectivity index is 2.16. The van der Waals surface area contributed by atoms with Crippen LogP contribution in [0.15, 0.2) is 34.1 Å². The van der Waals surface area contributed by atoms with Gasteiger partial charge in [-0.25, -0.2) is 0 Å². The van der Waals surface area contributed by atoms with Gasteiger partial charge in [0.2, 0.25) is 0 Å². The first-order chi connectivity index (χ1) is 8.56. The SMILES string of the molecule is Cc1ccc(NCc2cc(Br)cs2)c([N+](=O)[O-])c1. The van der Waals surface area contributed by atoms with Crippen molar-refractivity contribution in [3.8, 4) is 0 Å². The summed E-state index contributed by atoms with van der Waals surface area (Å²) in [6.07, 6.45) is 0. The van der Waals surface area contributed by atoms with Gasteiger partial charge in [-0.2, -0.15) is 0 Å². The fraction of sp³-hybridized carbons (Fsp3) is 0.167. The van der Waals surface area contributed by atoms with Gasteiger partial charge in [0, 0.05) is 27.3 Å². The summed E-state index contributed by atoms with van der Waals surface area (Å²) in [5.41, 5.74) is 1.55. The fourth-order valence-corrected chi connectivity index (χ4v) is 2.96. The number of halogens is 1. The monoisotopic (exact) mass is 326 g/mol. The van der Waals surface area contributed by atoms with E-state index >= 15 is 0 Å². The third-order valence-electron chi connectivity index (χ3n) is 2.42. The summed E-state index contributed by atoms with van der Waals surface area (Å²) in [6, 6.07) is 7.18. The highest BCUT2D eigenvalue weighted by atomic mass is 79.9. The minimum absolute atomic E-state index is 0.116. The molecule has 1 aromatic heterocycles. The number of nitrogens with zero attached hydrogens (tertiary/aromatic N) is 1. The van der Waals surface area contributed by atoms with E-state index in [1.807, 2.05) is 24.4 Å². The molecule has 4 nitrogen and oxygen atoms in total. The van der Waals surface area contributed by atoms with Gasteiger partial charge in [0.25, 0.3) is 5.69 Å². The predicted molar refractivity (Wildman–Crippen MR) is 77.2 cm³/mol. The predicted octanol–water partition coefficient (Wildman–Crippen LogP) is 4.34. The minimum atomic E-state index is -0.361. The lowest BCUT2D eigenvalue weighted by Gasteiger charge is -2.06. The second-order valence-corrected chi connectivity index (χ2v) is 5.77. The third-order valence-corrected chi connectivity index (χ3v) is 4.12. The van der Waals surface area contributed by atoms with Gasteiger partial charge in [0.1, 0.15) is 5.69 Å². The summed E-state index contributed by atoms with van der Waals surface area (Å²) >= 11 is 4.99. The topological polar surface area (TPSA) is 55.2 Å². The average Bonchev–Trinajstić information content (AvgIpc) is 2.73. The molecule has 0 fully saturated rings. The van der Waals surface area contributed by atoms with Crippen LogP contribution in [0, 0.1) is 17.0 Å². The van der Waals surface area contributed by atoms with Gasteiger partial charge in [-0.3, -0.25) is 10.1 Å². The Labute approximate surface area is 117 Å². The van der Waals surface area contributed by atoms with Crippen LogP contribution in [-0.2, 0) is 6.54 Å². The van der Waals surface area contributed by atoms with Crippen molar-refractivity contribution in [2.24, 2.45) is 0 Å². The molecule has 1 heterocycles. The molecule has 18 heavy (non-hydrogen) atoms. The minimum Gasteiger partial charge on any atom is -0.375 e. The number of anilines is 1. The molecule has 1 aromatic carbocycles. The Kier molecular flexibility index (Phi) is 3.98. The highest BCUT2D eigenvalue weighted by molar-refractivity contribution is 9.10. The zero-order valence-corrected chi connectivity index (χ0v) is 12.0. The van der Waals surface area contributed by atoms with Gasteiger partial charge in [-0.1, -0.05) is 6.07 Å². The normalized spacial score (nSPS) is 10.3. The van der Waals surface area contributed by atoms with Crippen LogP contribution in [0.4, 0.5) is 11.4 Å². The van der Waals surface area contributed by atoms with Gasteiger partial charge in [0.15, 0.2) is 0 Å². The van der Waals surface area contributed by atoms with Crippen molar-refractivity contribution in [2.45, 2.75) is 13.5 Å². The van der Waals surface area contributed by atoms with E-state index in [0.717, 1.165) is 14.9 Å². The second kappa shape index (κ2) is 5.49. The number of benzene rings is 1. The quantitative estimate of drug-likeness (QED) is 0.671. The molecule has 2 rings (SSSR count). The molecule has 0 saturated carbocycles. The lowest BCUT2D eigenvalue weighted by Crippen LogP contribution is -2.01. The Morgan fingerprint density at radius 2 is 2.22 bits per heavy atom. The maximum Gasteiger partial charge on any atom is 0.292 e. The highest BCUT2D eigenvalue weighted by Gasteiger charge is 2.13. The third kappa shape index (κ3) is 3.08. The summed E-state index contributed by atoms with van der Waals surface area (Å²) in [7, 11) is 0. The molecule has 6 heteroatoms. The molecule has 1 N–H and O–H groups in total. The molecular weight excluding hydrogens is 316 g/mol. The van der Waals surface area contributed by atoms with E-state index in [0.29, 0.717) is 12.2 Å². The second-order valence-electron chi connectivity index (χ2n) is 3.86. The fourth-order valence-electron chi connectivity index (χ4n) is 1.57. The summed E-state index contributed by atoms with van der Waals surface area (Å²) in [6.45, 7) is 2.42. The lowest BCUT2D eigenvalue weighted by molar-refractivity contribution is -0.384. The summed E-state index contributed by atoms with van der Waals surface area (Å²) in [4.78, 5) is 11.7. The smallest absolute Gasteiger partial charge is 0.292 e. The van der Waals surface area contributed by atoms with E-state index in [9.17, 15) is 10.1 Å². The van der Waals surface area contributed by atoms with Crippen LogP contribution < -0.4 is 5.32 Å². The first kappa shape index (κ1) is 13.0. The Morgan fingerprint density at radius 3 is 2.83 bits per heavy atom. The summed E-state index contributed by atoms with van der Waals surface area (Å²) in [5, 5.41) is 16.0. The molecule has 0 amide bonds. The number of thiophene rings is 1. The van der Waals surface area contributed by atoms with Crippen molar-refractivity contribution in [2.75, 3.05) is 5.32 Å². The van der Waals surface area contributed by atoms with Crippen molar-refractivity contribution < 1.29 is 4.92 Å². The van der Waals surface area contributed by atoms with Gasteiger partial charge < -0.3 is 5.32 Å². The van der Waals surface area contributed by atoms with Crippen LogP contribution in [0.3, 0.4) is 0 Å². The van der Waals surface area contributed by atoms with Gasteiger partial charge in [-0.05, 0) is 40.5 Å². The Hall–Kier alpha value is -1.40. The van der Waals surface area contributed by atoms with Crippen LogP contribution >= 0.6 is 27.3 Å². The molecule has 2 aromatic rings. The first-order valence-electron chi connectivity index (χ1n) is 5.28.